The van der Waals surface area contributed by atoms with E-state index >= 15 is 0 Å². The smallest absolute Gasteiger partial charge is 0.410 e. The molecule has 2 aliphatic rings. The van der Waals surface area contributed by atoms with Crippen molar-refractivity contribution in [3.05, 3.63) is 0 Å². The number of nitrogens with zero attached hydrogens (tertiary/aromatic N) is 1. The molecule has 1 N–H and O–H groups in total. The van der Waals surface area contributed by atoms with Gasteiger partial charge in [-0.05, 0) is 44.9 Å². The Morgan fingerprint density at radius 2 is 1.95 bits per heavy atom. The lowest BCUT2D eigenvalue weighted by Crippen LogP contribution is -2.37. The molecule has 2 rings (SSSR count). The van der Waals surface area contributed by atoms with Gasteiger partial charge >= 0.3 is 6.09 Å². The first-order valence-corrected chi connectivity index (χ1v) is 7.36. The number of amides is 1. The molecule has 4 nitrogen and oxygen atoms in total. The van der Waals surface area contributed by atoms with Gasteiger partial charge in [-0.25, -0.2) is 4.79 Å². The zero-order valence-corrected chi connectivity index (χ0v) is 13.2. The fourth-order valence-electron chi connectivity index (χ4n) is 3.12. The molecule has 0 aromatic heterocycles. The van der Waals surface area contributed by atoms with E-state index in [1.807, 2.05) is 34.6 Å². The molecule has 0 bridgehead atoms. The highest BCUT2D eigenvalue weighted by Crippen LogP contribution is 2.48. The van der Waals surface area contributed by atoms with E-state index < -0.39 is 5.60 Å². The fraction of sp³-hybridized carbons (Fsp3) is 0.933. The number of carbonyl (C=O) groups is 1. The quantitative estimate of drug-likeness (QED) is 0.736. The summed E-state index contributed by atoms with van der Waals surface area (Å²) in [5.41, 5.74) is -0.356. The molecule has 1 unspecified atom stereocenters. The van der Waals surface area contributed by atoms with E-state index in [2.05, 4.69) is 6.92 Å². The molecule has 1 heterocycles. The minimum atomic E-state index is -0.435. The molecule has 1 saturated heterocycles. The normalized spacial score (nSPS) is 33.5. The van der Waals surface area contributed by atoms with E-state index in [1.54, 1.807) is 4.90 Å². The minimum Gasteiger partial charge on any atom is -0.444 e. The maximum absolute atomic E-state index is 12.0. The van der Waals surface area contributed by atoms with Crippen molar-refractivity contribution >= 4 is 6.09 Å². The van der Waals surface area contributed by atoms with Crippen molar-refractivity contribution in [3.63, 3.8) is 0 Å². The van der Waals surface area contributed by atoms with Crippen LogP contribution in [0, 0.1) is 11.3 Å². The van der Waals surface area contributed by atoms with Crippen LogP contribution in [0.25, 0.3) is 0 Å². The van der Waals surface area contributed by atoms with Crippen LogP contribution >= 0.6 is 0 Å². The number of hydrogen-bond acceptors (Lipinski definition) is 3. The molecule has 0 aromatic carbocycles. The van der Waals surface area contributed by atoms with Crippen LogP contribution in [0.15, 0.2) is 0 Å². The maximum atomic E-state index is 12.0. The monoisotopic (exact) mass is 271 g/mol. The summed E-state index contributed by atoms with van der Waals surface area (Å²) < 4.78 is 5.38. The summed E-state index contributed by atoms with van der Waals surface area (Å²) in [5.74, 6) is 0.421. The molecule has 1 aliphatic carbocycles. The average molecular weight is 271 g/mol. The Hall–Kier alpha value is -0.770. The third-order valence-electron chi connectivity index (χ3n) is 3.89. The van der Waals surface area contributed by atoms with E-state index in [0.717, 1.165) is 19.4 Å². The van der Waals surface area contributed by atoms with Gasteiger partial charge in [0.05, 0.1) is 6.10 Å². The van der Waals surface area contributed by atoms with Gasteiger partial charge in [0.25, 0.3) is 0 Å². The Balaban J connectivity index is 0.000000861. The summed E-state index contributed by atoms with van der Waals surface area (Å²) in [7, 11) is 0. The second kappa shape index (κ2) is 5.70. The fourth-order valence-corrected chi connectivity index (χ4v) is 3.12. The molecule has 19 heavy (non-hydrogen) atoms. The van der Waals surface area contributed by atoms with Gasteiger partial charge in [-0.2, -0.15) is 0 Å². The summed E-state index contributed by atoms with van der Waals surface area (Å²) in [6.07, 6.45) is 1.21. The number of likely N-dealkylation sites (tertiary alicyclic amines) is 1. The molecule has 1 amide bonds. The van der Waals surface area contributed by atoms with E-state index in [0.29, 0.717) is 12.5 Å². The molecular formula is C15H29NO3. The standard InChI is InChI=1S/C13H23NO3.C2H6/c1-12(2,3)17-11(16)14-7-9-5-10(15)6-13(9,4)8-14;1-2/h9-10,15H,5-8H2,1-4H3;1-2H3/t9-,10?,13+;/m1./s1. The van der Waals surface area contributed by atoms with E-state index in [1.165, 1.54) is 0 Å². The molecule has 0 aromatic rings. The van der Waals surface area contributed by atoms with E-state index in [9.17, 15) is 9.90 Å². The Kier molecular flexibility index (Phi) is 4.88. The number of fused-ring (bicyclic) bond motifs is 1. The predicted octanol–water partition coefficient (Wildman–Crippen LogP) is 3.04. The van der Waals surface area contributed by atoms with Gasteiger partial charge in [-0.1, -0.05) is 20.8 Å². The Morgan fingerprint density at radius 1 is 1.37 bits per heavy atom. The maximum Gasteiger partial charge on any atom is 0.410 e. The van der Waals surface area contributed by atoms with Crippen LogP contribution in [0.1, 0.15) is 54.4 Å². The van der Waals surface area contributed by atoms with Gasteiger partial charge in [0.15, 0.2) is 0 Å². The van der Waals surface area contributed by atoms with Crippen LogP contribution in [-0.4, -0.2) is 40.9 Å². The van der Waals surface area contributed by atoms with E-state index in [-0.39, 0.29) is 17.6 Å². The third kappa shape index (κ3) is 3.85. The predicted molar refractivity (Wildman–Crippen MR) is 76.0 cm³/mol. The van der Waals surface area contributed by atoms with Crippen molar-refractivity contribution in [1.29, 1.82) is 0 Å². The number of aliphatic hydroxyl groups excluding tert-OH is 1. The lowest BCUT2D eigenvalue weighted by Gasteiger charge is -2.26. The Morgan fingerprint density at radius 3 is 2.42 bits per heavy atom. The first-order chi connectivity index (χ1) is 8.70. The lowest BCUT2D eigenvalue weighted by atomic mass is 9.83. The average Bonchev–Trinajstić information content (AvgIpc) is 2.69. The molecule has 0 radical (unpaired) electrons. The topological polar surface area (TPSA) is 49.8 Å². The Bertz CT molecular complexity index is 324. The van der Waals surface area contributed by atoms with Gasteiger partial charge < -0.3 is 14.7 Å². The van der Waals surface area contributed by atoms with Crippen LogP contribution in [0.4, 0.5) is 4.79 Å². The molecule has 0 spiro atoms. The second-order valence-corrected chi connectivity index (χ2v) is 6.81. The highest BCUT2D eigenvalue weighted by atomic mass is 16.6. The van der Waals surface area contributed by atoms with Gasteiger partial charge in [0, 0.05) is 13.1 Å². The first kappa shape index (κ1) is 16.3. The number of rotatable bonds is 0. The minimum absolute atomic E-state index is 0.0797. The molecular weight excluding hydrogens is 242 g/mol. The number of hydrogen-bond donors (Lipinski definition) is 1. The van der Waals surface area contributed by atoms with Crippen molar-refractivity contribution in [2.24, 2.45) is 11.3 Å². The van der Waals surface area contributed by atoms with Crippen LogP contribution in [0.3, 0.4) is 0 Å². The molecule has 112 valence electrons. The third-order valence-corrected chi connectivity index (χ3v) is 3.89. The van der Waals surface area contributed by atoms with E-state index in [4.69, 9.17) is 4.74 Å². The summed E-state index contributed by atoms with van der Waals surface area (Å²) >= 11 is 0. The van der Waals surface area contributed by atoms with Crippen LogP contribution in [0.5, 0.6) is 0 Å². The van der Waals surface area contributed by atoms with Crippen molar-refractivity contribution in [1.82, 2.24) is 4.90 Å². The van der Waals surface area contributed by atoms with Crippen molar-refractivity contribution in [3.8, 4) is 0 Å². The van der Waals surface area contributed by atoms with Gasteiger partial charge in [0.1, 0.15) is 5.60 Å². The zero-order valence-electron chi connectivity index (χ0n) is 13.2. The number of aliphatic hydroxyl groups is 1. The molecule has 2 fully saturated rings. The van der Waals surface area contributed by atoms with Gasteiger partial charge in [-0.3, -0.25) is 0 Å². The first-order valence-electron chi connectivity index (χ1n) is 7.36. The number of ether oxygens (including phenoxy) is 1. The summed E-state index contributed by atoms with van der Waals surface area (Å²) in [4.78, 5) is 13.8. The number of carbonyl (C=O) groups excluding carboxylic acids is 1. The summed E-state index contributed by atoms with van der Waals surface area (Å²) in [6, 6.07) is 0. The van der Waals surface area contributed by atoms with Crippen molar-refractivity contribution < 1.29 is 14.6 Å². The SMILES string of the molecule is CC.CC(C)(C)OC(=O)N1C[C@H]2CC(O)C[C@@]2(C)C1. The lowest BCUT2D eigenvalue weighted by molar-refractivity contribution is 0.0255. The van der Waals surface area contributed by atoms with Crippen molar-refractivity contribution in [2.45, 2.75) is 66.1 Å². The molecule has 1 aliphatic heterocycles. The highest BCUT2D eigenvalue weighted by molar-refractivity contribution is 5.68. The largest absolute Gasteiger partial charge is 0.444 e. The molecule has 4 heteroatoms. The highest BCUT2D eigenvalue weighted by Gasteiger charge is 2.51. The van der Waals surface area contributed by atoms with Crippen molar-refractivity contribution in [2.75, 3.05) is 13.1 Å². The van der Waals surface area contributed by atoms with Gasteiger partial charge in [0.2, 0.25) is 0 Å². The summed E-state index contributed by atoms with van der Waals surface area (Å²) in [5, 5.41) is 9.68. The van der Waals surface area contributed by atoms with Crippen LogP contribution in [0.2, 0.25) is 0 Å². The van der Waals surface area contributed by atoms with Gasteiger partial charge in [-0.15, -0.1) is 0 Å². The Labute approximate surface area is 117 Å². The second-order valence-electron chi connectivity index (χ2n) is 6.81. The van der Waals surface area contributed by atoms with Crippen LogP contribution < -0.4 is 0 Å². The zero-order chi connectivity index (χ0) is 14.8. The summed E-state index contributed by atoms with van der Waals surface area (Å²) in [6.45, 7) is 13.2. The molecule has 3 atom stereocenters. The molecule has 1 saturated carbocycles. The van der Waals surface area contributed by atoms with Crippen LogP contribution in [-0.2, 0) is 4.74 Å².